The summed E-state index contributed by atoms with van der Waals surface area (Å²) in [6.07, 6.45) is 3.49. The van der Waals surface area contributed by atoms with Gasteiger partial charge < -0.3 is 14.4 Å². The Morgan fingerprint density at radius 1 is 1.35 bits per heavy atom. The fraction of sp³-hybridized carbons (Fsp3) is 0.562. The van der Waals surface area contributed by atoms with Crippen LogP contribution in [0.5, 0.6) is 0 Å². The molecule has 7 heteroatoms. The molecule has 0 bridgehead atoms. The molecule has 1 saturated heterocycles. The maximum absolute atomic E-state index is 12.8. The van der Waals surface area contributed by atoms with Crippen LogP contribution >= 0.6 is 11.3 Å². The van der Waals surface area contributed by atoms with E-state index >= 15 is 0 Å². The molecule has 0 unspecified atom stereocenters. The lowest BCUT2D eigenvalue weighted by molar-refractivity contribution is 0.0667. The van der Waals surface area contributed by atoms with Crippen molar-refractivity contribution in [2.45, 2.75) is 25.8 Å². The minimum atomic E-state index is -0.0888. The molecule has 0 N–H and O–H groups in total. The van der Waals surface area contributed by atoms with Crippen molar-refractivity contribution in [2.75, 3.05) is 27.2 Å². The molecule has 0 radical (unpaired) electrons. The maximum Gasteiger partial charge on any atom is 0.264 e. The number of aromatic nitrogens is 2. The monoisotopic (exact) mass is 334 g/mol. The molecule has 1 aliphatic rings. The Morgan fingerprint density at radius 3 is 2.61 bits per heavy atom. The zero-order valence-electron chi connectivity index (χ0n) is 14.0. The smallest absolute Gasteiger partial charge is 0.264 e. The van der Waals surface area contributed by atoms with Gasteiger partial charge >= 0.3 is 0 Å². The molecule has 1 amide bonds. The van der Waals surface area contributed by atoms with E-state index in [1.807, 2.05) is 11.8 Å². The van der Waals surface area contributed by atoms with E-state index in [1.54, 1.807) is 7.05 Å². The first-order valence-corrected chi connectivity index (χ1v) is 8.62. The van der Waals surface area contributed by atoms with Gasteiger partial charge in [0, 0.05) is 26.2 Å². The van der Waals surface area contributed by atoms with Gasteiger partial charge in [0.05, 0.1) is 16.6 Å². The Morgan fingerprint density at radius 2 is 2.00 bits per heavy atom. The van der Waals surface area contributed by atoms with E-state index in [4.69, 9.17) is 0 Å². The molecule has 3 heterocycles. The lowest BCUT2D eigenvalue weighted by Crippen LogP contribution is -2.44. The largest absolute Gasteiger partial charge is 0.338 e. The number of aryl methyl sites for hydroxylation is 2. The van der Waals surface area contributed by atoms with Crippen molar-refractivity contribution in [2.24, 2.45) is 7.05 Å². The number of amides is 1. The van der Waals surface area contributed by atoms with Crippen molar-refractivity contribution >= 4 is 27.5 Å². The minimum absolute atomic E-state index is 0.0322. The molecule has 0 aromatic carbocycles. The predicted molar refractivity (Wildman–Crippen MR) is 92.2 cm³/mol. The van der Waals surface area contributed by atoms with Crippen molar-refractivity contribution in [3.8, 4) is 0 Å². The van der Waals surface area contributed by atoms with Crippen molar-refractivity contribution in [3.05, 3.63) is 27.1 Å². The first-order valence-electron chi connectivity index (χ1n) is 7.80. The van der Waals surface area contributed by atoms with Gasteiger partial charge in [-0.3, -0.25) is 9.59 Å². The summed E-state index contributed by atoms with van der Waals surface area (Å²) < 4.78 is 1.46. The average Bonchev–Trinajstić information content (AvgIpc) is 2.88. The summed E-state index contributed by atoms with van der Waals surface area (Å²) in [5, 5.41) is 0.575. The highest BCUT2D eigenvalue weighted by Gasteiger charge is 2.27. The highest BCUT2D eigenvalue weighted by molar-refractivity contribution is 7.20. The van der Waals surface area contributed by atoms with Crippen molar-refractivity contribution in [3.63, 3.8) is 0 Å². The van der Waals surface area contributed by atoms with Gasteiger partial charge in [0.25, 0.3) is 11.5 Å². The van der Waals surface area contributed by atoms with Gasteiger partial charge in [-0.05, 0) is 39.4 Å². The lowest BCUT2D eigenvalue weighted by Gasteiger charge is -2.35. The fourth-order valence-electron chi connectivity index (χ4n) is 3.14. The quantitative estimate of drug-likeness (QED) is 0.834. The number of hydrogen-bond donors (Lipinski definition) is 0. The number of rotatable bonds is 2. The number of piperidine rings is 1. The van der Waals surface area contributed by atoms with Crippen LogP contribution in [0, 0.1) is 6.92 Å². The van der Waals surface area contributed by atoms with E-state index in [1.165, 1.54) is 22.2 Å². The molecule has 2 aromatic heterocycles. The summed E-state index contributed by atoms with van der Waals surface area (Å²) in [7, 11) is 5.85. The lowest BCUT2D eigenvalue weighted by atomic mass is 10.0. The van der Waals surface area contributed by atoms with Gasteiger partial charge in [-0.25, -0.2) is 4.98 Å². The van der Waals surface area contributed by atoms with E-state index in [0.717, 1.165) is 31.5 Å². The van der Waals surface area contributed by atoms with Gasteiger partial charge in [0.1, 0.15) is 4.83 Å². The fourth-order valence-corrected chi connectivity index (χ4v) is 4.25. The Balaban J connectivity index is 1.89. The van der Waals surface area contributed by atoms with Crippen LogP contribution in [0.1, 0.15) is 28.1 Å². The zero-order chi connectivity index (χ0) is 16.7. The Bertz CT molecular complexity index is 800. The maximum atomic E-state index is 12.8. The molecular weight excluding hydrogens is 312 g/mol. The Hall–Kier alpha value is -1.73. The molecule has 0 atom stereocenters. The van der Waals surface area contributed by atoms with Crippen LogP contribution in [0.3, 0.4) is 0 Å². The molecule has 6 nitrogen and oxygen atoms in total. The molecule has 0 spiro atoms. The Labute approximate surface area is 139 Å². The summed E-state index contributed by atoms with van der Waals surface area (Å²) in [5.74, 6) is 0.0322. The van der Waals surface area contributed by atoms with Gasteiger partial charge in [0.15, 0.2) is 0 Å². The summed E-state index contributed by atoms with van der Waals surface area (Å²) in [6.45, 7) is 3.38. The van der Waals surface area contributed by atoms with E-state index in [-0.39, 0.29) is 11.5 Å². The Kier molecular flexibility index (Phi) is 4.25. The number of fused-ring (bicyclic) bond motifs is 1. The van der Waals surface area contributed by atoms with E-state index < -0.39 is 0 Å². The SMILES string of the molecule is Cc1c(C(=O)N2CCC(N(C)C)CC2)sc2ncn(C)c(=O)c12. The van der Waals surface area contributed by atoms with E-state index in [9.17, 15) is 9.59 Å². The zero-order valence-corrected chi connectivity index (χ0v) is 14.8. The van der Waals surface area contributed by atoms with Crippen LogP contribution in [-0.4, -0.2) is 58.5 Å². The third kappa shape index (κ3) is 2.79. The van der Waals surface area contributed by atoms with Crippen LogP contribution in [-0.2, 0) is 7.05 Å². The number of carbonyl (C=O) groups is 1. The average molecular weight is 334 g/mol. The van der Waals surface area contributed by atoms with Gasteiger partial charge in [-0.2, -0.15) is 0 Å². The van der Waals surface area contributed by atoms with Gasteiger partial charge in [-0.1, -0.05) is 0 Å². The summed E-state index contributed by atoms with van der Waals surface area (Å²) in [6, 6.07) is 0.538. The third-order valence-electron chi connectivity index (χ3n) is 4.69. The molecule has 3 rings (SSSR count). The third-order valence-corrected chi connectivity index (χ3v) is 5.87. The number of hydrogen-bond acceptors (Lipinski definition) is 5. The van der Waals surface area contributed by atoms with Crippen LogP contribution in [0.2, 0.25) is 0 Å². The molecule has 124 valence electrons. The second-order valence-corrected chi connectivity index (χ2v) is 7.38. The number of likely N-dealkylation sites (tertiary alicyclic amines) is 1. The van der Waals surface area contributed by atoms with Crippen molar-refractivity contribution in [1.82, 2.24) is 19.4 Å². The first kappa shape index (κ1) is 16.1. The second kappa shape index (κ2) is 6.05. The standard InChI is InChI=1S/C16H22N4O2S/c1-10-12-14(17-9-19(4)15(12)21)23-13(10)16(22)20-7-5-11(6-8-20)18(2)3/h9,11H,5-8H2,1-4H3. The number of nitrogens with zero attached hydrogens (tertiary/aromatic N) is 4. The molecule has 1 fully saturated rings. The highest BCUT2D eigenvalue weighted by atomic mass is 32.1. The van der Waals surface area contributed by atoms with Crippen molar-refractivity contribution in [1.29, 1.82) is 0 Å². The summed E-state index contributed by atoms with van der Waals surface area (Å²) in [4.78, 5) is 34.8. The minimum Gasteiger partial charge on any atom is -0.338 e. The van der Waals surface area contributed by atoms with Crippen LogP contribution < -0.4 is 5.56 Å². The highest BCUT2D eigenvalue weighted by Crippen LogP contribution is 2.29. The second-order valence-electron chi connectivity index (χ2n) is 6.38. The molecule has 0 saturated carbocycles. The van der Waals surface area contributed by atoms with E-state index in [2.05, 4.69) is 24.0 Å². The number of thiophene rings is 1. The summed E-state index contributed by atoms with van der Waals surface area (Å²) in [5.41, 5.74) is 0.674. The molecule has 23 heavy (non-hydrogen) atoms. The molecule has 0 aliphatic carbocycles. The van der Waals surface area contributed by atoms with Crippen LogP contribution in [0.25, 0.3) is 10.2 Å². The van der Waals surface area contributed by atoms with Crippen LogP contribution in [0.4, 0.5) is 0 Å². The first-order chi connectivity index (χ1) is 10.9. The molecule has 1 aliphatic heterocycles. The van der Waals surface area contributed by atoms with Crippen molar-refractivity contribution < 1.29 is 4.79 Å². The predicted octanol–water partition coefficient (Wildman–Crippen LogP) is 1.47. The number of carbonyl (C=O) groups excluding carboxylic acids is 1. The summed E-state index contributed by atoms with van der Waals surface area (Å²) >= 11 is 1.33. The normalized spacial score (nSPS) is 16.5. The van der Waals surface area contributed by atoms with E-state index in [0.29, 0.717) is 21.1 Å². The van der Waals surface area contributed by atoms with Crippen LogP contribution in [0.15, 0.2) is 11.1 Å². The molecular formula is C16H22N4O2S. The van der Waals surface area contributed by atoms with Gasteiger partial charge in [-0.15, -0.1) is 11.3 Å². The topological polar surface area (TPSA) is 58.4 Å². The van der Waals surface area contributed by atoms with Gasteiger partial charge in [0.2, 0.25) is 0 Å². The molecule has 2 aromatic rings.